The van der Waals surface area contributed by atoms with Crippen molar-refractivity contribution in [3.63, 3.8) is 0 Å². The van der Waals surface area contributed by atoms with Gasteiger partial charge in [0.25, 0.3) is 0 Å². The number of hydrogen-bond acceptors (Lipinski definition) is 4. The number of halogens is 1. The maximum absolute atomic E-state index is 8.74. The lowest BCUT2D eigenvalue weighted by Crippen LogP contribution is -1.94. The number of rotatable bonds is 1. The summed E-state index contributed by atoms with van der Waals surface area (Å²) < 4.78 is 0. The van der Waals surface area contributed by atoms with Crippen molar-refractivity contribution in [1.29, 1.82) is 5.26 Å². The largest absolute Gasteiger partial charge is 0.235 e. The number of nitrogens with zero attached hydrogens (tertiary/aromatic N) is 4. The highest BCUT2D eigenvalue weighted by Gasteiger charge is 2.05. The van der Waals surface area contributed by atoms with Crippen molar-refractivity contribution < 1.29 is 0 Å². The normalized spacial score (nSPS) is 9.81. The van der Waals surface area contributed by atoms with Gasteiger partial charge < -0.3 is 0 Å². The van der Waals surface area contributed by atoms with Gasteiger partial charge >= 0.3 is 0 Å². The third kappa shape index (κ3) is 2.00. The first-order valence-corrected chi connectivity index (χ1v) is 4.96. The van der Waals surface area contributed by atoms with Crippen LogP contribution in [0, 0.1) is 18.3 Å². The van der Waals surface area contributed by atoms with Crippen LogP contribution in [0.1, 0.15) is 11.3 Å². The molecule has 4 nitrogen and oxygen atoms in total. The molecular formula is C11H7ClN4. The summed E-state index contributed by atoms with van der Waals surface area (Å²) >= 11 is 5.78. The van der Waals surface area contributed by atoms with Gasteiger partial charge in [-0.1, -0.05) is 17.7 Å². The minimum absolute atomic E-state index is 0.354. The predicted molar refractivity (Wildman–Crippen MR) is 59.7 cm³/mol. The summed E-state index contributed by atoms with van der Waals surface area (Å²) in [4.78, 5) is 4.13. The van der Waals surface area contributed by atoms with E-state index in [0.29, 0.717) is 22.2 Å². The Morgan fingerprint density at radius 3 is 2.75 bits per heavy atom. The second-order valence-corrected chi connectivity index (χ2v) is 3.58. The van der Waals surface area contributed by atoms with Gasteiger partial charge in [-0.25, -0.2) is 4.98 Å². The molecule has 0 N–H and O–H groups in total. The van der Waals surface area contributed by atoms with Gasteiger partial charge in [-0.05, 0) is 30.7 Å². The maximum atomic E-state index is 8.74. The minimum Gasteiger partial charge on any atom is -0.235 e. The Hall–Kier alpha value is -1.99. The van der Waals surface area contributed by atoms with Gasteiger partial charge in [0.15, 0.2) is 5.15 Å². The molecule has 0 bridgehead atoms. The van der Waals surface area contributed by atoms with Crippen LogP contribution in [0.15, 0.2) is 24.3 Å². The Morgan fingerprint density at radius 1 is 1.25 bits per heavy atom. The number of nitriles is 1. The van der Waals surface area contributed by atoms with E-state index in [9.17, 15) is 0 Å². The average Bonchev–Trinajstić information content (AvgIpc) is 2.33. The van der Waals surface area contributed by atoms with Crippen LogP contribution in [0.3, 0.4) is 0 Å². The number of hydrogen-bond donors (Lipinski definition) is 0. The quantitative estimate of drug-likeness (QED) is 0.755. The Labute approximate surface area is 97.5 Å². The van der Waals surface area contributed by atoms with E-state index >= 15 is 0 Å². The minimum atomic E-state index is 0.354. The van der Waals surface area contributed by atoms with Gasteiger partial charge in [0, 0.05) is 0 Å². The molecule has 5 heteroatoms. The molecular weight excluding hydrogens is 224 g/mol. The summed E-state index contributed by atoms with van der Waals surface area (Å²) in [6.45, 7) is 1.84. The van der Waals surface area contributed by atoms with E-state index < -0.39 is 0 Å². The monoisotopic (exact) mass is 230 g/mol. The van der Waals surface area contributed by atoms with Crippen LogP contribution >= 0.6 is 11.6 Å². The van der Waals surface area contributed by atoms with E-state index in [2.05, 4.69) is 15.2 Å². The van der Waals surface area contributed by atoms with Gasteiger partial charge in [-0.3, -0.25) is 0 Å². The van der Waals surface area contributed by atoms with Crippen molar-refractivity contribution in [1.82, 2.24) is 15.2 Å². The SMILES string of the molecule is Cc1cc(-c2cccc(C#N)n2)nnc1Cl. The van der Waals surface area contributed by atoms with Crippen molar-refractivity contribution in [2.75, 3.05) is 0 Å². The van der Waals surface area contributed by atoms with Crippen LogP contribution in [0.2, 0.25) is 5.15 Å². The van der Waals surface area contributed by atoms with Crippen LogP contribution in [0.4, 0.5) is 0 Å². The molecule has 0 saturated heterocycles. The van der Waals surface area contributed by atoms with Gasteiger partial charge in [-0.15, -0.1) is 10.2 Å². The van der Waals surface area contributed by atoms with Crippen molar-refractivity contribution in [3.8, 4) is 17.5 Å². The Balaban J connectivity index is 2.51. The molecule has 0 atom stereocenters. The summed E-state index contributed by atoms with van der Waals surface area (Å²) in [5, 5.41) is 16.8. The highest BCUT2D eigenvalue weighted by molar-refractivity contribution is 6.30. The van der Waals surface area contributed by atoms with Crippen LogP contribution in [-0.4, -0.2) is 15.2 Å². The summed E-state index contributed by atoms with van der Waals surface area (Å²) in [5.74, 6) is 0. The maximum Gasteiger partial charge on any atom is 0.154 e. The zero-order valence-corrected chi connectivity index (χ0v) is 9.23. The van der Waals surface area contributed by atoms with E-state index in [0.717, 1.165) is 5.56 Å². The van der Waals surface area contributed by atoms with Crippen molar-refractivity contribution >= 4 is 11.6 Å². The molecule has 2 aromatic rings. The van der Waals surface area contributed by atoms with Crippen LogP contribution in [0.5, 0.6) is 0 Å². The zero-order valence-electron chi connectivity index (χ0n) is 8.48. The molecule has 0 spiro atoms. The lowest BCUT2D eigenvalue weighted by molar-refractivity contribution is 1.01. The molecule has 0 radical (unpaired) electrons. The molecule has 78 valence electrons. The predicted octanol–water partition coefficient (Wildman–Crippen LogP) is 2.37. The van der Waals surface area contributed by atoms with E-state index in [1.165, 1.54) is 0 Å². The lowest BCUT2D eigenvalue weighted by atomic mass is 10.2. The fourth-order valence-electron chi connectivity index (χ4n) is 1.23. The third-order valence-electron chi connectivity index (χ3n) is 2.05. The topological polar surface area (TPSA) is 62.5 Å². The molecule has 0 aliphatic rings. The van der Waals surface area contributed by atoms with Crippen LogP contribution in [-0.2, 0) is 0 Å². The zero-order chi connectivity index (χ0) is 11.5. The second kappa shape index (κ2) is 4.25. The smallest absolute Gasteiger partial charge is 0.154 e. The number of pyridine rings is 1. The molecule has 2 rings (SSSR count). The molecule has 2 heterocycles. The Bertz CT molecular complexity index is 574. The number of aryl methyl sites for hydroxylation is 1. The van der Waals surface area contributed by atoms with Crippen LogP contribution < -0.4 is 0 Å². The number of aromatic nitrogens is 3. The summed E-state index contributed by atoms with van der Waals surface area (Å²) in [6.07, 6.45) is 0. The van der Waals surface area contributed by atoms with E-state index in [4.69, 9.17) is 16.9 Å². The van der Waals surface area contributed by atoms with E-state index in [1.807, 2.05) is 13.0 Å². The molecule has 0 saturated carbocycles. The van der Waals surface area contributed by atoms with Crippen molar-refractivity contribution in [2.24, 2.45) is 0 Å². The molecule has 0 fully saturated rings. The van der Waals surface area contributed by atoms with E-state index in [1.54, 1.807) is 24.3 Å². The van der Waals surface area contributed by atoms with Gasteiger partial charge in [0.2, 0.25) is 0 Å². The fraction of sp³-hybridized carbons (Fsp3) is 0.0909. The average molecular weight is 231 g/mol. The van der Waals surface area contributed by atoms with Crippen molar-refractivity contribution in [3.05, 3.63) is 40.7 Å². The molecule has 0 amide bonds. The summed E-state index contributed by atoms with van der Waals surface area (Å²) in [7, 11) is 0. The molecule has 0 unspecified atom stereocenters. The van der Waals surface area contributed by atoms with Gasteiger partial charge in [-0.2, -0.15) is 5.26 Å². The second-order valence-electron chi connectivity index (χ2n) is 3.22. The van der Waals surface area contributed by atoms with E-state index in [-0.39, 0.29) is 0 Å². The lowest BCUT2D eigenvalue weighted by Gasteiger charge is -2.01. The first-order valence-electron chi connectivity index (χ1n) is 4.58. The fourth-order valence-corrected chi connectivity index (χ4v) is 1.33. The summed E-state index contributed by atoms with van der Waals surface area (Å²) in [5.41, 5.74) is 2.41. The van der Waals surface area contributed by atoms with Crippen LogP contribution in [0.25, 0.3) is 11.4 Å². The van der Waals surface area contributed by atoms with Gasteiger partial charge in [0.05, 0.1) is 5.69 Å². The molecule has 0 aliphatic carbocycles. The molecule has 16 heavy (non-hydrogen) atoms. The molecule has 2 aromatic heterocycles. The van der Waals surface area contributed by atoms with Crippen molar-refractivity contribution in [2.45, 2.75) is 6.92 Å². The summed E-state index contributed by atoms with van der Waals surface area (Å²) in [6, 6.07) is 8.94. The standard InChI is InChI=1S/C11H7ClN4/c1-7-5-10(15-16-11(7)12)9-4-2-3-8(6-13)14-9/h2-5H,1H3. The first-order chi connectivity index (χ1) is 7.70. The molecule has 0 aromatic carbocycles. The van der Waals surface area contributed by atoms with Gasteiger partial charge in [0.1, 0.15) is 17.5 Å². The highest BCUT2D eigenvalue weighted by atomic mass is 35.5. The molecule has 0 aliphatic heterocycles. The Kier molecular flexibility index (Phi) is 2.80. The highest BCUT2D eigenvalue weighted by Crippen LogP contribution is 2.18. The Morgan fingerprint density at radius 2 is 2.06 bits per heavy atom. The first kappa shape index (κ1) is 10.5. The third-order valence-corrected chi connectivity index (χ3v) is 2.42.